The Bertz CT molecular complexity index is 324. The summed E-state index contributed by atoms with van der Waals surface area (Å²) in [6, 6.07) is -0.594. The van der Waals surface area contributed by atoms with Gasteiger partial charge in [-0.3, -0.25) is 4.79 Å². The van der Waals surface area contributed by atoms with Crippen molar-refractivity contribution in [1.29, 1.82) is 0 Å². The molecule has 0 aromatic rings. The maximum atomic E-state index is 12.0. The molecule has 0 aliphatic carbocycles. The van der Waals surface area contributed by atoms with Gasteiger partial charge in [-0.1, -0.05) is 33.1 Å². The molecule has 0 aliphatic heterocycles. The highest BCUT2D eigenvalue weighted by Gasteiger charge is 2.21. The van der Waals surface area contributed by atoms with E-state index in [9.17, 15) is 9.59 Å². The lowest BCUT2D eigenvalue weighted by molar-refractivity contribution is -0.123. The summed E-state index contributed by atoms with van der Waals surface area (Å²) in [5.41, 5.74) is -0.562. The third-order valence-electron chi connectivity index (χ3n) is 3.23. The average molecular weight is 300 g/mol. The van der Waals surface area contributed by atoms with Crippen molar-refractivity contribution in [2.75, 3.05) is 6.54 Å². The zero-order valence-corrected chi connectivity index (χ0v) is 14.4. The first kappa shape index (κ1) is 19.7. The lowest BCUT2D eigenvalue weighted by atomic mass is 9.99. The molecule has 2 N–H and O–H groups in total. The number of ether oxygens (including phenoxy) is 1. The maximum absolute atomic E-state index is 12.0. The molecule has 1 unspecified atom stereocenters. The Morgan fingerprint density at radius 3 is 2.29 bits per heavy atom. The molecule has 124 valence electrons. The van der Waals surface area contributed by atoms with E-state index in [1.54, 1.807) is 27.7 Å². The zero-order chi connectivity index (χ0) is 16.5. The van der Waals surface area contributed by atoms with Gasteiger partial charge >= 0.3 is 6.09 Å². The highest BCUT2D eigenvalue weighted by molar-refractivity contribution is 5.85. The van der Waals surface area contributed by atoms with E-state index in [2.05, 4.69) is 24.5 Å². The van der Waals surface area contributed by atoms with Crippen molar-refractivity contribution in [3.8, 4) is 0 Å². The second-order valence-electron chi connectivity index (χ2n) is 6.53. The quantitative estimate of drug-likeness (QED) is 0.723. The highest BCUT2D eigenvalue weighted by Crippen LogP contribution is 2.11. The summed E-state index contributed by atoms with van der Waals surface area (Å²) < 4.78 is 5.13. The molecule has 2 atom stereocenters. The molecule has 0 spiro atoms. The molecule has 0 aliphatic rings. The van der Waals surface area contributed by atoms with Gasteiger partial charge in [-0.25, -0.2) is 4.79 Å². The fraction of sp³-hybridized carbons (Fsp3) is 0.875. The van der Waals surface area contributed by atoms with Gasteiger partial charge in [-0.2, -0.15) is 0 Å². The number of nitrogens with one attached hydrogen (secondary N) is 2. The van der Waals surface area contributed by atoms with Crippen LogP contribution in [0.15, 0.2) is 0 Å². The first-order valence-electron chi connectivity index (χ1n) is 7.96. The largest absolute Gasteiger partial charge is 0.444 e. The van der Waals surface area contributed by atoms with Gasteiger partial charge in [-0.15, -0.1) is 0 Å². The number of amides is 2. The van der Waals surface area contributed by atoms with E-state index < -0.39 is 17.7 Å². The molecule has 5 nitrogen and oxygen atoms in total. The maximum Gasteiger partial charge on any atom is 0.408 e. The van der Waals surface area contributed by atoms with E-state index in [-0.39, 0.29) is 5.91 Å². The lowest BCUT2D eigenvalue weighted by Crippen LogP contribution is -2.47. The van der Waals surface area contributed by atoms with Crippen LogP contribution in [0, 0.1) is 5.92 Å². The summed E-state index contributed by atoms with van der Waals surface area (Å²) in [6.07, 6.45) is 3.96. The zero-order valence-electron chi connectivity index (χ0n) is 14.4. The minimum atomic E-state index is -0.594. The van der Waals surface area contributed by atoms with Crippen LogP contribution in [0.4, 0.5) is 4.79 Å². The summed E-state index contributed by atoms with van der Waals surface area (Å²) >= 11 is 0. The van der Waals surface area contributed by atoms with Gasteiger partial charge in [0.25, 0.3) is 0 Å². The van der Waals surface area contributed by atoms with E-state index in [4.69, 9.17) is 4.74 Å². The average Bonchev–Trinajstić information content (AvgIpc) is 2.36. The Morgan fingerprint density at radius 1 is 1.19 bits per heavy atom. The Morgan fingerprint density at radius 2 is 1.81 bits per heavy atom. The van der Waals surface area contributed by atoms with Gasteiger partial charge < -0.3 is 15.4 Å². The van der Waals surface area contributed by atoms with Crippen molar-refractivity contribution >= 4 is 12.0 Å². The van der Waals surface area contributed by atoms with Crippen LogP contribution in [0.3, 0.4) is 0 Å². The highest BCUT2D eigenvalue weighted by atomic mass is 16.6. The van der Waals surface area contributed by atoms with Gasteiger partial charge in [0.05, 0.1) is 0 Å². The molecule has 0 saturated carbocycles. The van der Waals surface area contributed by atoms with Crippen LogP contribution in [-0.2, 0) is 9.53 Å². The molecule has 5 heteroatoms. The van der Waals surface area contributed by atoms with Crippen LogP contribution < -0.4 is 10.6 Å². The molecule has 0 aromatic heterocycles. The molecule has 0 fully saturated rings. The molecule has 0 aromatic carbocycles. The molecule has 21 heavy (non-hydrogen) atoms. The Labute approximate surface area is 129 Å². The van der Waals surface area contributed by atoms with Crippen molar-refractivity contribution in [2.24, 2.45) is 5.92 Å². The number of carbonyl (C=O) groups is 2. The molecule has 2 amide bonds. The van der Waals surface area contributed by atoms with E-state index in [0.717, 1.165) is 12.8 Å². The summed E-state index contributed by atoms with van der Waals surface area (Å²) in [5.74, 6) is 0.332. The molecular weight excluding hydrogens is 268 g/mol. The second kappa shape index (κ2) is 9.64. The van der Waals surface area contributed by atoms with Gasteiger partial charge in [0, 0.05) is 6.54 Å². The summed E-state index contributed by atoms with van der Waals surface area (Å²) in [4.78, 5) is 23.6. The molecule has 0 radical (unpaired) electrons. The van der Waals surface area contributed by atoms with Crippen LogP contribution in [0.1, 0.15) is 67.2 Å². The van der Waals surface area contributed by atoms with Crippen molar-refractivity contribution in [2.45, 2.75) is 78.9 Å². The molecule has 0 heterocycles. The fourth-order valence-electron chi connectivity index (χ4n) is 1.89. The van der Waals surface area contributed by atoms with Crippen molar-refractivity contribution in [1.82, 2.24) is 10.6 Å². The molecule has 0 bridgehead atoms. The summed E-state index contributed by atoms with van der Waals surface area (Å²) in [6.45, 7) is 12.0. The predicted octanol–water partition coefficient (Wildman–Crippen LogP) is 3.23. The first-order chi connectivity index (χ1) is 9.69. The van der Waals surface area contributed by atoms with Crippen LogP contribution in [0.5, 0.6) is 0 Å². The van der Waals surface area contributed by atoms with Gasteiger partial charge in [0.15, 0.2) is 0 Å². The predicted molar refractivity (Wildman–Crippen MR) is 85.1 cm³/mol. The van der Waals surface area contributed by atoms with Crippen molar-refractivity contribution in [3.63, 3.8) is 0 Å². The second-order valence-corrected chi connectivity index (χ2v) is 6.53. The summed E-state index contributed by atoms with van der Waals surface area (Å²) in [5, 5.41) is 5.45. The smallest absolute Gasteiger partial charge is 0.408 e. The summed E-state index contributed by atoms with van der Waals surface area (Å²) in [7, 11) is 0. The lowest BCUT2D eigenvalue weighted by Gasteiger charge is -2.22. The first-order valence-corrected chi connectivity index (χ1v) is 7.96. The van der Waals surface area contributed by atoms with Gasteiger partial charge in [0.2, 0.25) is 5.91 Å². The molecule has 0 rings (SSSR count). The minimum absolute atomic E-state index is 0.171. The van der Waals surface area contributed by atoms with Crippen LogP contribution >= 0.6 is 0 Å². The topological polar surface area (TPSA) is 67.4 Å². The van der Waals surface area contributed by atoms with Crippen LogP contribution in [-0.4, -0.2) is 30.2 Å². The van der Waals surface area contributed by atoms with Crippen LogP contribution in [0.25, 0.3) is 0 Å². The number of carbonyl (C=O) groups excluding carboxylic acids is 2. The third kappa shape index (κ3) is 10.2. The van der Waals surface area contributed by atoms with Crippen LogP contribution in [0.2, 0.25) is 0 Å². The minimum Gasteiger partial charge on any atom is -0.444 e. The Hall–Kier alpha value is -1.26. The third-order valence-corrected chi connectivity index (χ3v) is 3.23. The molecular formula is C16H32N2O3. The Kier molecular flexibility index (Phi) is 9.06. The number of unbranched alkanes of at least 4 members (excludes halogenated alkanes) is 1. The number of hydrogen-bond donors (Lipinski definition) is 2. The fourth-order valence-corrected chi connectivity index (χ4v) is 1.89. The normalized spacial score (nSPS) is 14.2. The monoisotopic (exact) mass is 300 g/mol. The van der Waals surface area contributed by atoms with E-state index in [1.807, 2.05) is 0 Å². The van der Waals surface area contributed by atoms with Gasteiger partial charge in [-0.05, 0) is 40.0 Å². The Balaban J connectivity index is 4.12. The van der Waals surface area contributed by atoms with E-state index >= 15 is 0 Å². The van der Waals surface area contributed by atoms with Crippen molar-refractivity contribution < 1.29 is 14.3 Å². The van der Waals surface area contributed by atoms with Gasteiger partial charge in [0.1, 0.15) is 11.6 Å². The number of rotatable bonds is 8. The van der Waals surface area contributed by atoms with E-state index in [1.165, 1.54) is 12.8 Å². The SMILES string of the molecule is CCCCC(CC)CNC(=O)[C@@H](C)NC(=O)OC(C)(C)C. The number of hydrogen-bond acceptors (Lipinski definition) is 3. The van der Waals surface area contributed by atoms with Crippen molar-refractivity contribution in [3.05, 3.63) is 0 Å². The molecule has 0 saturated heterocycles. The standard InChI is InChI=1S/C16H32N2O3/c1-7-9-10-13(8-2)11-17-14(19)12(3)18-15(20)21-16(4,5)6/h12-13H,7-11H2,1-6H3,(H,17,19)(H,18,20)/t12-,13?/m1/s1. The number of alkyl carbamates (subject to hydrolysis) is 1. The van der Waals surface area contributed by atoms with E-state index in [0.29, 0.717) is 12.5 Å².